The van der Waals surface area contributed by atoms with Gasteiger partial charge in [0.15, 0.2) is 23.3 Å². The highest BCUT2D eigenvalue weighted by Crippen LogP contribution is 2.42. The van der Waals surface area contributed by atoms with Crippen LogP contribution in [-0.2, 0) is 0 Å². The molecule has 34 heavy (non-hydrogen) atoms. The Bertz CT molecular complexity index is 1380. The number of para-hydroxylation sites is 1. The number of rotatable bonds is 5. The molecule has 0 aliphatic heterocycles. The van der Waals surface area contributed by atoms with Crippen molar-refractivity contribution in [2.45, 2.75) is 16.7 Å². The van der Waals surface area contributed by atoms with Crippen LogP contribution >= 0.6 is 34.4 Å². The van der Waals surface area contributed by atoms with Crippen molar-refractivity contribution in [3.05, 3.63) is 98.5 Å². The number of nitrogens with zero attached hydrogens (tertiary/aromatic N) is 2. The minimum Gasteiger partial charge on any atom is -0.402 e. The lowest BCUT2D eigenvalue weighted by molar-refractivity contribution is 0.0717. The minimum absolute atomic E-state index is 0.0913. The van der Waals surface area contributed by atoms with E-state index in [9.17, 15) is 26.7 Å². The fourth-order valence-electron chi connectivity index (χ4n) is 2.99. The molecule has 4 rings (SSSR count). The molecule has 0 aliphatic carbocycles. The molecular formula is C23H12F5IN2O2S. The number of carbonyl (C=O) groups is 1. The highest BCUT2D eigenvalue weighted by molar-refractivity contribution is 14.1. The largest absolute Gasteiger partial charge is 0.402 e. The highest BCUT2D eigenvalue weighted by atomic mass is 127. The van der Waals surface area contributed by atoms with E-state index in [-0.39, 0.29) is 33.8 Å². The van der Waals surface area contributed by atoms with E-state index in [1.54, 1.807) is 48.5 Å². The maximum Gasteiger partial charge on any atom is 0.345 e. The van der Waals surface area contributed by atoms with Crippen LogP contribution in [0.25, 0.3) is 5.69 Å². The van der Waals surface area contributed by atoms with Crippen LogP contribution in [0.15, 0.2) is 64.4 Å². The van der Waals surface area contributed by atoms with Crippen molar-refractivity contribution in [2.75, 3.05) is 0 Å². The van der Waals surface area contributed by atoms with Crippen molar-refractivity contribution >= 4 is 40.3 Å². The molecule has 0 unspecified atom stereocenters. The second-order valence-electron chi connectivity index (χ2n) is 6.84. The van der Waals surface area contributed by atoms with E-state index in [1.807, 2.05) is 22.6 Å². The topological polar surface area (TPSA) is 44.1 Å². The number of ether oxygens (including phenoxy) is 1. The van der Waals surface area contributed by atoms with Crippen molar-refractivity contribution in [1.29, 1.82) is 0 Å². The molecule has 0 amide bonds. The quantitative estimate of drug-likeness (QED) is 0.0825. The predicted molar refractivity (Wildman–Crippen MR) is 123 cm³/mol. The van der Waals surface area contributed by atoms with Gasteiger partial charge in [-0.25, -0.2) is 26.7 Å². The van der Waals surface area contributed by atoms with E-state index < -0.39 is 40.0 Å². The molecule has 0 fully saturated rings. The Balaban J connectivity index is 1.87. The fourth-order valence-corrected chi connectivity index (χ4v) is 4.56. The lowest BCUT2D eigenvalue weighted by Gasteiger charge is -2.12. The molecule has 0 saturated heterocycles. The van der Waals surface area contributed by atoms with Crippen LogP contribution in [0.5, 0.6) is 5.88 Å². The molecule has 3 aromatic carbocycles. The van der Waals surface area contributed by atoms with Crippen LogP contribution in [0.2, 0.25) is 0 Å². The number of hydrogen-bond donors (Lipinski definition) is 0. The lowest BCUT2D eigenvalue weighted by Crippen LogP contribution is -2.13. The smallest absolute Gasteiger partial charge is 0.345 e. The summed E-state index contributed by atoms with van der Waals surface area (Å²) < 4.78 is 77.2. The predicted octanol–water partition coefficient (Wildman–Crippen LogP) is 6.85. The van der Waals surface area contributed by atoms with Crippen LogP contribution in [0.3, 0.4) is 0 Å². The number of aromatic nitrogens is 2. The van der Waals surface area contributed by atoms with Gasteiger partial charge in [0.25, 0.3) is 0 Å². The van der Waals surface area contributed by atoms with Gasteiger partial charge in [-0.3, -0.25) is 0 Å². The Labute approximate surface area is 207 Å². The van der Waals surface area contributed by atoms with Crippen LogP contribution in [0.1, 0.15) is 16.1 Å². The first-order valence-corrected chi connectivity index (χ1v) is 11.4. The SMILES string of the molecule is Cc1nn(-c2ccccc2)c(OC(=O)c2ccccc2I)c1Sc1c(F)c(F)c(F)c(F)c1F. The van der Waals surface area contributed by atoms with E-state index in [1.165, 1.54) is 17.7 Å². The van der Waals surface area contributed by atoms with E-state index in [0.29, 0.717) is 9.26 Å². The number of hydrogen-bond acceptors (Lipinski definition) is 4. The monoisotopic (exact) mass is 602 g/mol. The summed E-state index contributed by atoms with van der Waals surface area (Å²) in [7, 11) is 0. The third kappa shape index (κ3) is 4.41. The molecule has 0 N–H and O–H groups in total. The first kappa shape index (κ1) is 24.2. The summed E-state index contributed by atoms with van der Waals surface area (Å²) in [5.41, 5.74) is 0.803. The van der Waals surface area contributed by atoms with Crippen LogP contribution in [0.4, 0.5) is 22.0 Å². The number of aryl methyl sites for hydroxylation is 1. The van der Waals surface area contributed by atoms with Crippen LogP contribution in [-0.4, -0.2) is 15.7 Å². The molecule has 0 spiro atoms. The molecule has 0 radical (unpaired) electrons. The molecule has 0 aliphatic rings. The van der Waals surface area contributed by atoms with Gasteiger partial charge in [-0.05, 0) is 53.8 Å². The molecule has 1 aromatic heterocycles. The van der Waals surface area contributed by atoms with Gasteiger partial charge in [-0.15, -0.1) is 0 Å². The van der Waals surface area contributed by atoms with Gasteiger partial charge in [0.2, 0.25) is 11.7 Å². The lowest BCUT2D eigenvalue weighted by atomic mass is 10.2. The van der Waals surface area contributed by atoms with E-state index in [4.69, 9.17) is 4.74 Å². The Hall–Kier alpha value is -2.93. The Kier molecular flexibility index (Phi) is 6.94. The highest BCUT2D eigenvalue weighted by Gasteiger charge is 2.30. The van der Waals surface area contributed by atoms with Crippen molar-refractivity contribution in [3.8, 4) is 11.6 Å². The van der Waals surface area contributed by atoms with Gasteiger partial charge in [-0.1, -0.05) is 42.1 Å². The molecule has 1 heterocycles. The van der Waals surface area contributed by atoms with E-state index >= 15 is 0 Å². The molecular weight excluding hydrogens is 590 g/mol. The van der Waals surface area contributed by atoms with Crippen molar-refractivity contribution in [2.24, 2.45) is 0 Å². The molecule has 4 aromatic rings. The first-order valence-electron chi connectivity index (χ1n) is 9.51. The maximum absolute atomic E-state index is 14.4. The maximum atomic E-state index is 14.4. The summed E-state index contributed by atoms with van der Waals surface area (Å²) in [4.78, 5) is 11.7. The summed E-state index contributed by atoms with van der Waals surface area (Å²) in [6, 6.07) is 15.0. The normalized spacial score (nSPS) is 11.0. The van der Waals surface area contributed by atoms with Crippen LogP contribution in [0, 0.1) is 39.6 Å². The number of benzene rings is 3. The van der Waals surface area contributed by atoms with E-state index in [0.717, 1.165) is 0 Å². The zero-order valence-corrected chi connectivity index (χ0v) is 20.1. The zero-order valence-electron chi connectivity index (χ0n) is 17.1. The van der Waals surface area contributed by atoms with Gasteiger partial charge in [-0.2, -0.15) is 9.78 Å². The molecule has 0 bridgehead atoms. The second kappa shape index (κ2) is 9.74. The fraction of sp³-hybridized carbons (Fsp3) is 0.0435. The standard InChI is InChI=1S/C23H12F5IN2O2S/c1-11-20(34-21-18(27)16(25)15(24)17(26)19(21)28)22(31(30-11)12-7-3-2-4-8-12)33-23(32)13-9-5-6-10-14(13)29/h2-10H,1H3. The zero-order chi connectivity index (χ0) is 24.6. The van der Waals surface area contributed by atoms with Gasteiger partial charge >= 0.3 is 5.97 Å². The average Bonchev–Trinajstić information content (AvgIpc) is 3.14. The Morgan fingerprint density at radius 2 is 1.41 bits per heavy atom. The molecule has 174 valence electrons. The third-order valence-electron chi connectivity index (χ3n) is 4.62. The minimum atomic E-state index is -2.26. The van der Waals surface area contributed by atoms with Crippen molar-refractivity contribution < 1.29 is 31.5 Å². The molecule has 0 saturated carbocycles. The van der Waals surface area contributed by atoms with Gasteiger partial charge in [0, 0.05) is 3.57 Å². The van der Waals surface area contributed by atoms with Crippen LogP contribution < -0.4 is 4.74 Å². The van der Waals surface area contributed by atoms with Gasteiger partial charge in [0.05, 0.1) is 26.7 Å². The molecule has 0 atom stereocenters. The summed E-state index contributed by atoms with van der Waals surface area (Å²) in [5, 5.41) is 4.28. The van der Waals surface area contributed by atoms with Crippen molar-refractivity contribution in [3.63, 3.8) is 0 Å². The second-order valence-corrected chi connectivity index (χ2v) is 9.02. The summed E-state index contributed by atoms with van der Waals surface area (Å²) in [5.74, 6) is -11.4. The first-order chi connectivity index (χ1) is 16.2. The average molecular weight is 602 g/mol. The molecule has 11 heteroatoms. The number of carbonyl (C=O) groups excluding carboxylic acids is 1. The van der Waals surface area contributed by atoms with E-state index in [2.05, 4.69) is 5.10 Å². The number of esters is 1. The Morgan fingerprint density at radius 3 is 2.03 bits per heavy atom. The van der Waals surface area contributed by atoms with Crippen molar-refractivity contribution in [1.82, 2.24) is 9.78 Å². The Morgan fingerprint density at radius 1 is 0.853 bits per heavy atom. The summed E-state index contributed by atoms with van der Waals surface area (Å²) in [6.45, 7) is 1.46. The molecule has 4 nitrogen and oxygen atoms in total. The summed E-state index contributed by atoms with van der Waals surface area (Å²) >= 11 is 2.17. The third-order valence-corrected chi connectivity index (χ3v) is 6.80. The van der Waals surface area contributed by atoms with Gasteiger partial charge < -0.3 is 4.74 Å². The summed E-state index contributed by atoms with van der Waals surface area (Å²) in [6.07, 6.45) is 0. The van der Waals surface area contributed by atoms with Gasteiger partial charge in [0.1, 0.15) is 0 Å². The number of halogens is 6.